The van der Waals surface area contributed by atoms with Crippen LogP contribution >= 0.6 is 11.6 Å². The Balaban J connectivity index is 2.45. The SMILES string of the molecule is COc1ccc(-c2cc(CCl)nn2C)cc1F. The number of aromatic nitrogens is 2. The molecule has 2 aromatic rings. The van der Waals surface area contributed by atoms with Crippen molar-refractivity contribution in [3.63, 3.8) is 0 Å². The lowest BCUT2D eigenvalue weighted by atomic mass is 10.1. The molecule has 5 heteroatoms. The normalized spacial score (nSPS) is 10.6. The lowest BCUT2D eigenvalue weighted by molar-refractivity contribution is 0.386. The van der Waals surface area contributed by atoms with Gasteiger partial charge in [0.25, 0.3) is 0 Å². The first-order chi connectivity index (χ1) is 8.15. The molecular weight excluding hydrogens is 243 g/mol. The van der Waals surface area contributed by atoms with Crippen LogP contribution in [0.1, 0.15) is 5.69 Å². The molecule has 0 aliphatic heterocycles. The lowest BCUT2D eigenvalue weighted by Crippen LogP contribution is -1.95. The van der Waals surface area contributed by atoms with Crippen molar-refractivity contribution in [3.8, 4) is 17.0 Å². The molecule has 0 fully saturated rings. The van der Waals surface area contributed by atoms with E-state index in [0.29, 0.717) is 5.88 Å². The Morgan fingerprint density at radius 1 is 1.41 bits per heavy atom. The molecule has 0 aliphatic rings. The molecule has 0 atom stereocenters. The summed E-state index contributed by atoms with van der Waals surface area (Å²) in [6.07, 6.45) is 0. The molecule has 0 spiro atoms. The number of halogens is 2. The van der Waals surface area contributed by atoms with E-state index in [1.807, 2.05) is 6.07 Å². The summed E-state index contributed by atoms with van der Waals surface area (Å²) in [4.78, 5) is 0. The molecule has 0 saturated carbocycles. The van der Waals surface area contributed by atoms with Crippen molar-refractivity contribution in [2.24, 2.45) is 7.05 Å². The molecule has 1 aromatic carbocycles. The van der Waals surface area contributed by atoms with E-state index in [-0.39, 0.29) is 5.75 Å². The second kappa shape index (κ2) is 4.75. The number of hydrogen-bond acceptors (Lipinski definition) is 2. The maximum absolute atomic E-state index is 13.6. The monoisotopic (exact) mass is 254 g/mol. The molecule has 0 saturated heterocycles. The van der Waals surface area contributed by atoms with Gasteiger partial charge in [-0.3, -0.25) is 4.68 Å². The fourth-order valence-electron chi connectivity index (χ4n) is 1.69. The van der Waals surface area contributed by atoms with Crippen LogP contribution in [0.15, 0.2) is 24.3 Å². The summed E-state index contributed by atoms with van der Waals surface area (Å²) < 4.78 is 20.1. The summed E-state index contributed by atoms with van der Waals surface area (Å²) in [7, 11) is 3.24. The van der Waals surface area contributed by atoms with Crippen LogP contribution in [0.3, 0.4) is 0 Å². The van der Waals surface area contributed by atoms with Crippen LogP contribution in [0.5, 0.6) is 5.75 Å². The van der Waals surface area contributed by atoms with Crippen LogP contribution in [0, 0.1) is 5.82 Å². The highest BCUT2D eigenvalue weighted by Crippen LogP contribution is 2.26. The summed E-state index contributed by atoms with van der Waals surface area (Å²) in [6.45, 7) is 0. The highest BCUT2D eigenvalue weighted by atomic mass is 35.5. The zero-order valence-corrected chi connectivity index (χ0v) is 10.3. The molecular formula is C12H12ClFN2O. The third-order valence-electron chi connectivity index (χ3n) is 2.51. The van der Waals surface area contributed by atoms with Gasteiger partial charge in [-0.1, -0.05) is 0 Å². The summed E-state index contributed by atoms with van der Waals surface area (Å²) in [5.41, 5.74) is 2.33. The minimum absolute atomic E-state index is 0.230. The number of alkyl halides is 1. The molecule has 2 rings (SSSR count). The van der Waals surface area contributed by atoms with E-state index in [4.69, 9.17) is 16.3 Å². The van der Waals surface area contributed by atoms with Gasteiger partial charge in [-0.05, 0) is 24.3 Å². The zero-order valence-electron chi connectivity index (χ0n) is 9.58. The van der Waals surface area contributed by atoms with Gasteiger partial charge in [0.05, 0.1) is 24.4 Å². The molecule has 0 amide bonds. The molecule has 0 unspecified atom stereocenters. The van der Waals surface area contributed by atoms with E-state index in [0.717, 1.165) is 17.0 Å². The average molecular weight is 255 g/mol. The maximum Gasteiger partial charge on any atom is 0.165 e. The van der Waals surface area contributed by atoms with Crippen molar-refractivity contribution in [1.29, 1.82) is 0 Å². The van der Waals surface area contributed by atoms with Crippen LogP contribution in [-0.2, 0) is 12.9 Å². The van der Waals surface area contributed by atoms with Crippen molar-refractivity contribution in [3.05, 3.63) is 35.8 Å². The van der Waals surface area contributed by atoms with E-state index < -0.39 is 5.82 Å². The topological polar surface area (TPSA) is 27.1 Å². The van der Waals surface area contributed by atoms with Crippen LogP contribution in [0.4, 0.5) is 4.39 Å². The van der Waals surface area contributed by atoms with Crippen LogP contribution in [0.25, 0.3) is 11.3 Å². The number of rotatable bonds is 3. The third kappa shape index (κ3) is 2.26. The van der Waals surface area contributed by atoms with Crippen LogP contribution in [-0.4, -0.2) is 16.9 Å². The van der Waals surface area contributed by atoms with Gasteiger partial charge in [-0.25, -0.2) is 4.39 Å². The van der Waals surface area contributed by atoms with Crippen molar-refractivity contribution >= 4 is 11.6 Å². The lowest BCUT2D eigenvalue weighted by Gasteiger charge is -2.05. The number of methoxy groups -OCH3 is 1. The predicted octanol–water partition coefficient (Wildman–Crippen LogP) is 2.97. The van der Waals surface area contributed by atoms with Gasteiger partial charge in [0.1, 0.15) is 0 Å². The molecule has 17 heavy (non-hydrogen) atoms. The number of hydrogen-bond donors (Lipinski definition) is 0. The fraction of sp³-hybridized carbons (Fsp3) is 0.250. The Morgan fingerprint density at radius 3 is 2.71 bits per heavy atom. The van der Waals surface area contributed by atoms with Gasteiger partial charge in [-0.2, -0.15) is 5.10 Å². The summed E-state index contributed by atoms with van der Waals surface area (Å²) in [5, 5.41) is 4.21. The van der Waals surface area contributed by atoms with Crippen LogP contribution < -0.4 is 4.74 Å². The smallest absolute Gasteiger partial charge is 0.165 e. The minimum atomic E-state index is -0.390. The van der Waals surface area contributed by atoms with E-state index in [2.05, 4.69) is 5.10 Å². The van der Waals surface area contributed by atoms with Gasteiger partial charge in [0, 0.05) is 12.6 Å². The molecule has 3 nitrogen and oxygen atoms in total. The summed E-state index contributed by atoms with van der Waals surface area (Å²) in [6, 6.07) is 6.65. The van der Waals surface area contributed by atoms with Gasteiger partial charge >= 0.3 is 0 Å². The molecule has 0 bridgehead atoms. The summed E-state index contributed by atoms with van der Waals surface area (Å²) >= 11 is 5.71. The van der Waals surface area contributed by atoms with Gasteiger partial charge in [-0.15, -0.1) is 11.6 Å². The molecule has 0 aliphatic carbocycles. The standard InChI is InChI=1S/C12H12ClFN2O/c1-16-11(6-9(7-13)15-16)8-3-4-12(17-2)10(14)5-8/h3-6H,7H2,1-2H3. The van der Waals surface area contributed by atoms with Crippen molar-refractivity contribution < 1.29 is 9.13 Å². The van der Waals surface area contributed by atoms with Gasteiger partial charge < -0.3 is 4.74 Å². The van der Waals surface area contributed by atoms with Gasteiger partial charge in [0.2, 0.25) is 0 Å². The number of benzene rings is 1. The van der Waals surface area contributed by atoms with E-state index in [1.165, 1.54) is 13.2 Å². The third-order valence-corrected chi connectivity index (χ3v) is 2.79. The molecule has 90 valence electrons. The van der Waals surface area contributed by atoms with E-state index >= 15 is 0 Å². The molecule has 1 heterocycles. The average Bonchev–Trinajstić information content (AvgIpc) is 2.70. The van der Waals surface area contributed by atoms with Crippen LogP contribution in [0.2, 0.25) is 0 Å². The Kier molecular flexibility index (Phi) is 3.33. The second-order valence-corrected chi connectivity index (χ2v) is 3.89. The Morgan fingerprint density at radius 2 is 2.18 bits per heavy atom. The Labute approximate surface area is 104 Å². The van der Waals surface area contributed by atoms with Gasteiger partial charge in [0.15, 0.2) is 11.6 Å². The van der Waals surface area contributed by atoms with Crippen molar-refractivity contribution in [2.45, 2.75) is 5.88 Å². The quantitative estimate of drug-likeness (QED) is 0.788. The predicted molar refractivity (Wildman–Crippen MR) is 64.7 cm³/mol. The van der Waals surface area contributed by atoms with E-state index in [1.54, 1.807) is 23.9 Å². The minimum Gasteiger partial charge on any atom is -0.494 e. The number of nitrogens with zero attached hydrogens (tertiary/aromatic N) is 2. The molecule has 0 radical (unpaired) electrons. The largest absolute Gasteiger partial charge is 0.494 e. The van der Waals surface area contributed by atoms with E-state index in [9.17, 15) is 4.39 Å². The first-order valence-corrected chi connectivity index (χ1v) is 5.62. The molecule has 1 aromatic heterocycles. The Bertz CT molecular complexity index is 539. The highest BCUT2D eigenvalue weighted by molar-refractivity contribution is 6.16. The zero-order chi connectivity index (χ0) is 12.4. The number of ether oxygens (including phenoxy) is 1. The highest BCUT2D eigenvalue weighted by Gasteiger charge is 2.10. The van der Waals surface area contributed by atoms with Crippen molar-refractivity contribution in [2.75, 3.05) is 7.11 Å². The first-order valence-electron chi connectivity index (χ1n) is 5.08. The first kappa shape index (κ1) is 11.9. The molecule has 0 N–H and O–H groups in total. The number of aryl methyl sites for hydroxylation is 1. The maximum atomic E-state index is 13.6. The Hall–Kier alpha value is -1.55. The summed E-state index contributed by atoms with van der Waals surface area (Å²) in [5.74, 6) is 0.180. The fourth-order valence-corrected chi connectivity index (χ4v) is 1.82. The van der Waals surface area contributed by atoms with Crippen molar-refractivity contribution in [1.82, 2.24) is 9.78 Å². The second-order valence-electron chi connectivity index (χ2n) is 3.63.